The Morgan fingerprint density at radius 3 is 2.56 bits per heavy atom. The molecular formula is C14H26N2O2. The maximum absolute atomic E-state index is 11.1. The molecule has 2 fully saturated rings. The molecule has 1 aliphatic heterocycles. The molecule has 2 atom stereocenters. The molecule has 0 amide bonds. The van der Waals surface area contributed by atoms with Gasteiger partial charge in [-0.2, -0.15) is 0 Å². The van der Waals surface area contributed by atoms with Crippen LogP contribution in [0.3, 0.4) is 0 Å². The molecule has 1 saturated heterocycles. The van der Waals surface area contributed by atoms with Crippen LogP contribution in [0, 0.1) is 0 Å². The number of hydrogen-bond donors (Lipinski definition) is 1. The third-order valence-electron chi connectivity index (χ3n) is 4.73. The molecule has 4 heteroatoms. The lowest BCUT2D eigenvalue weighted by Crippen LogP contribution is -2.46. The molecule has 0 radical (unpaired) electrons. The molecule has 2 aliphatic rings. The Bertz CT molecular complexity index is 290. The molecule has 2 unspecified atom stereocenters. The van der Waals surface area contributed by atoms with E-state index in [0.29, 0.717) is 12.1 Å². The van der Waals surface area contributed by atoms with Gasteiger partial charge < -0.3 is 10.0 Å². The first-order valence-electron chi connectivity index (χ1n) is 7.25. The molecule has 18 heavy (non-hydrogen) atoms. The van der Waals surface area contributed by atoms with Crippen molar-refractivity contribution in [3.05, 3.63) is 0 Å². The standard InChI is InChI=1S/C14H26N2O2/c1-11-7-8-16(12-5-3-4-6-12)13(9-14(17)18)10-15(11)2/h11-13H,3-10H2,1-2H3,(H,17,18). The summed E-state index contributed by atoms with van der Waals surface area (Å²) in [4.78, 5) is 15.9. The predicted molar refractivity (Wildman–Crippen MR) is 71.7 cm³/mol. The maximum Gasteiger partial charge on any atom is 0.304 e. The second kappa shape index (κ2) is 6.02. The highest BCUT2D eigenvalue weighted by molar-refractivity contribution is 5.67. The maximum atomic E-state index is 11.1. The van der Waals surface area contributed by atoms with Crippen molar-refractivity contribution in [3.63, 3.8) is 0 Å². The van der Waals surface area contributed by atoms with Gasteiger partial charge in [0.05, 0.1) is 6.42 Å². The molecule has 0 aromatic rings. The van der Waals surface area contributed by atoms with Crippen LogP contribution in [0.4, 0.5) is 0 Å². The highest BCUT2D eigenvalue weighted by atomic mass is 16.4. The summed E-state index contributed by atoms with van der Waals surface area (Å²) in [6.07, 6.45) is 6.58. The Labute approximate surface area is 110 Å². The zero-order valence-electron chi connectivity index (χ0n) is 11.6. The van der Waals surface area contributed by atoms with Crippen LogP contribution in [0.2, 0.25) is 0 Å². The van der Waals surface area contributed by atoms with E-state index in [0.717, 1.165) is 19.5 Å². The van der Waals surface area contributed by atoms with Gasteiger partial charge in [0.25, 0.3) is 0 Å². The Hall–Kier alpha value is -0.610. The fraction of sp³-hybridized carbons (Fsp3) is 0.929. The third-order valence-corrected chi connectivity index (χ3v) is 4.73. The van der Waals surface area contributed by atoms with Crippen LogP contribution >= 0.6 is 0 Å². The Morgan fingerprint density at radius 1 is 1.28 bits per heavy atom. The fourth-order valence-electron chi connectivity index (χ4n) is 3.46. The number of carboxylic acid groups (broad SMARTS) is 1. The zero-order chi connectivity index (χ0) is 13.1. The van der Waals surface area contributed by atoms with E-state index in [-0.39, 0.29) is 12.5 Å². The van der Waals surface area contributed by atoms with Crippen molar-refractivity contribution in [2.24, 2.45) is 0 Å². The number of hydrogen-bond acceptors (Lipinski definition) is 3. The first kappa shape index (κ1) is 13.8. The third kappa shape index (κ3) is 3.23. The van der Waals surface area contributed by atoms with Crippen LogP contribution in [0.1, 0.15) is 45.4 Å². The number of aliphatic carboxylic acids is 1. The van der Waals surface area contributed by atoms with E-state index < -0.39 is 5.97 Å². The molecule has 0 spiro atoms. The van der Waals surface area contributed by atoms with Gasteiger partial charge in [0.2, 0.25) is 0 Å². The largest absolute Gasteiger partial charge is 0.481 e. The second-order valence-corrected chi connectivity index (χ2v) is 6.01. The summed E-state index contributed by atoms with van der Waals surface area (Å²) in [5.41, 5.74) is 0. The van der Waals surface area contributed by atoms with Crippen LogP contribution in [-0.2, 0) is 4.79 Å². The molecule has 2 rings (SSSR count). The van der Waals surface area contributed by atoms with Crippen molar-refractivity contribution in [3.8, 4) is 0 Å². The summed E-state index contributed by atoms with van der Waals surface area (Å²) in [6.45, 7) is 4.20. The molecule has 1 aliphatic carbocycles. The Balaban J connectivity index is 2.08. The summed E-state index contributed by atoms with van der Waals surface area (Å²) in [5, 5.41) is 9.13. The Kier molecular flexibility index (Phi) is 4.62. The van der Waals surface area contributed by atoms with Crippen molar-refractivity contribution in [2.75, 3.05) is 20.1 Å². The topological polar surface area (TPSA) is 43.8 Å². The highest BCUT2D eigenvalue weighted by Crippen LogP contribution is 2.28. The van der Waals surface area contributed by atoms with Crippen molar-refractivity contribution >= 4 is 5.97 Å². The van der Waals surface area contributed by atoms with Crippen molar-refractivity contribution in [1.29, 1.82) is 0 Å². The zero-order valence-corrected chi connectivity index (χ0v) is 11.6. The molecule has 0 aromatic heterocycles. The molecule has 0 bridgehead atoms. The number of carboxylic acids is 1. The number of carbonyl (C=O) groups is 1. The number of likely N-dealkylation sites (N-methyl/N-ethyl adjacent to an activating group) is 1. The lowest BCUT2D eigenvalue weighted by Gasteiger charge is -2.34. The molecule has 1 heterocycles. The van der Waals surface area contributed by atoms with E-state index >= 15 is 0 Å². The second-order valence-electron chi connectivity index (χ2n) is 6.01. The highest BCUT2D eigenvalue weighted by Gasteiger charge is 2.33. The van der Waals surface area contributed by atoms with Crippen molar-refractivity contribution in [2.45, 2.75) is 63.6 Å². The van der Waals surface area contributed by atoms with E-state index in [2.05, 4.69) is 23.8 Å². The lowest BCUT2D eigenvalue weighted by atomic mass is 10.1. The van der Waals surface area contributed by atoms with Crippen LogP contribution in [0.25, 0.3) is 0 Å². The minimum atomic E-state index is -0.661. The van der Waals surface area contributed by atoms with Crippen LogP contribution < -0.4 is 0 Å². The molecule has 104 valence electrons. The van der Waals surface area contributed by atoms with E-state index in [4.69, 9.17) is 5.11 Å². The molecule has 4 nitrogen and oxygen atoms in total. The summed E-state index contributed by atoms with van der Waals surface area (Å²) < 4.78 is 0. The first-order valence-corrected chi connectivity index (χ1v) is 7.25. The van der Waals surface area contributed by atoms with Gasteiger partial charge in [-0.3, -0.25) is 9.69 Å². The smallest absolute Gasteiger partial charge is 0.304 e. The van der Waals surface area contributed by atoms with Crippen molar-refractivity contribution in [1.82, 2.24) is 9.80 Å². The van der Waals surface area contributed by atoms with Crippen LogP contribution in [0.5, 0.6) is 0 Å². The summed E-state index contributed by atoms with van der Waals surface area (Å²) in [5.74, 6) is -0.661. The van der Waals surface area contributed by atoms with E-state index in [1.807, 2.05) is 0 Å². The minimum absolute atomic E-state index is 0.195. The lowest BCUT2D eigenvalue weighted by molar-refractivity contribution is -0.138. The number of rotatable bonds is 3. The van der Waals surface area contributed by atoms with E-state index in [9.17, 15) is 4.79 Å². The predicted octanol–water partition coefficient (Wildman–Crippen LogP) is 1.80. The minimum Gasteiger partial charge on any atom is -0.481 e. The number of nitrogens with zero attached hydrogens (tertiary/aromatic N) is 2. The average Bonchev–Trinajstić information content (AvgIpc) is 2.77. The van der Waals surface area contributed by atoms with Gasteiger partial charge in [0, 0.05) is 31.2 Å². The molecule has 1 saturated carbocycles. The average molecular weight is 254 g/mol. The van der Waals surface area contributed by atoms with E-state index in [1.54, 1.807) is 0 Å². The molecule has 0 aromatic carbocycles. The molecule has 1 N–H and O–H groups in total. The van der Waals surface area contributed by atoms with Crippen LogP contribution in [-0.4, -0.2) is 59.1 Å². The fourth-order valence-corrected chi connectivity index (χ4v) is 3.46. The van der Waals surface area contributed by atoms with Gasteiger partial charge in [-0.25, -0.2) is 0 Å². The van der Waals surface area contributed by atoms with Gasteiger partial charge in [-0.05, 0) is 33.2 Å². The molecular weight excluding hydrogens is 228 g/mol. The van der Waals surface area contributed by atoms with Crippen molar-refractivity contribution < 1.29 is 9.90 Å². The summed E-state index contributed by atoms with van der Waals surface area (Å²) >= 11 is 0. The van der Waals surface area contributed by atoms with Gasteiger partial charge >= 0.3 is 5.97 Å². The summed E-state index contributed by atoms with van der Waals surface area (Å²) in [7, 11) is 2.12. The van der Waals surface area contributed by atoms with Gasteiger partial charge in [-0.15, -0.1) is 0 Å². The van der Waals surface area contributed by atoms with Crippen LogP contribution in [0.15, 0.2) is 0 Å². The quantitative estimate of drug-likeness (QED) is 0.834. The normalized spacial score (nSPS) is 32.6. The van der Waals surface area contributed by atoms with Gasteiger partial charge in [0.15, 0.2) is 0 Å². The van der Waals surface area contributed by atoms with E-state index in [1.165, 1.54) is 25.7 Å². The summed E-state index contributed by atoms with van der Waals surface area (Å²) in [6, 6.07) is 1.39. The van der Waals surface area contributed by atoms with Gasteiger partial charge in [0.1, 0.15) is 0 Å². The van der Waals surface area contributed by atoms with Gasteiger partial charge in [-0.1, -0.05) is 12.8 Å². The first-order chi connectivity index (χ1) is 8.58. The SMILES string of the molecule is CC1CCN(C2CCCC2)C(CC(=O)O)CN1C. The Morgan fingerprint density at radius 2 is 1.94 bits per heavy atom. The monoisotopic (exact) mass is 254 g/mol.